The highest BCUT2D eigenvalue weighted by Crippen LogP contribution is 2.26. The molecular weight excluding hydrogens is 357 g/mol. The molecule has 2 aromatic carbocycles. The maximum absolute atomic E-state index is 13.2. The van der Waals surface area contributed by atoms with Crippen LogP contribution in [0.15, 0.2) is 70.9 Å². The Labute approximate surface area is 152 Å². The molecule has 0 radical (unpaired) electrons. The minimum Gasteiger partial charge on any atom is -0.340 e. The smallest absolute Gasteiger partial charge is 0.252 e. The molecule has 1 amide bonds. The molecule has 25 heavy (non-hydrogen) atoms. The van der Waals surface area contributed by atoms with Gasteiger partial charge in [0.1, 0.15) is 5.82 Å². The molecule has 0 saturated carbocycles. The van der Waals surface area contributed by atoms with Crippen LogP contribution in [-0.2, 0) is 10.8 Å². The molecule has 0 aliphatic carbocycles. The van der Waals surface area contributed by atoms with Crippen molar-refractivity contribution in [3.05, 3.63) is 87.9 Å². The van der Waals surface area contributed by atoms with Crippen molar-refractivity contribution < 1.29 is 13.4 Å². The molecule has 3 nitrogen and oxygen atoms in total. The monoisotopic (exact) mass is 373 g/mol. The minimum atomic E-state index is -1.08. The second kappa shape index (κ2) is 7.72. The summed E-state index contributed by atoms with van der Waals surface area (Å²) in [6.45, 7) is 0. The van der Waals surface area contributed by atoms with E-state index in [1.807, 2.05) is 17.5 Å². The van der Waals surface area contributed by atoms with Gasteiger partial charge >= 0.3 is 0 Å². The zero-order valence-corrected chi connectivity index (χ0v) is 15.1. The van der Waals surface area contributed by atoms with E-state index in [9.17, 15) is 13.4 Å². The van der Waals surface area contributed by atoms with Crippen LogP contribution in [0.25, 0.3) is 0 Å². The predicted octanol–water partition coefficient (Wildman–Crippen LogP) is 4.14. The summed E-state index contributed by atoms with van der Waals surface area (Å²) < 4.78 is 24.7. The molecule has 3 aromatic rings. The van der Waals surface area contributed by atoms with Crippen molar-refractivity contribution in [3.63, 3.8) is 0 Å². The third-order valence-electron chi connectivity index (χ3n) is 3.75. The van der Waals surface area contributed by atoms with Crippen LogP contribution in [0.5, 0.6) is 0 Å². The molecule has 3 rings (SSSR count). The van der Waals surface area contributed by atoms with Crippen LogP contribution < -0.4 is 5.32 Å². The summed E-state index contributed by atoms with van der Waals surface area (Å²) in [4.78, 5) is 14.3. The largest absolute Gasteiger partial charge is 0.340 e. The third kappa shape index (κ3) is 4.21. The number of thiophene rings is 1. The summed E-state index contributed by atoms with van der Waals surface area (Å²) in [6, 6.07) is 16.3. The van der Waals surface area contributed by atoms with E-state index < -0.39 is 10.8 Å². The van der Waals surface area contributed by atoms with Crippen molar-refractivity contribution in [1.82, 2.24) is 5.32 Å². The van der Waals surface area contributed by atoms with Gasteiger partial charge in [-0.25, -0.2) is 4.39 Å². The standard InChI is InChI=1S/C19H16FNO2S2/c1-25(23)16-10-6-14(7-11-16)19(22)21-18(17-3-2-12-24-17)13-4-8-15(20)9-5-13/h2-12,18H,1H3,(H,21,22)/t18-,25+/m0/s1. The highest BCUT2D eigenvalue weighted by atomic mass is 32.2. The van der Waals surface area contributed by atoms with Crippen molar-refractivity contribution in [3.8, 4) is 0 Å². The Bertz CT molecular complexity index is 875. The zero-order chi connectivity index (χ0) is 17.8. The predicted molar refractivity (Wildman–Crippen MR) is 98.8 cm³/mol. The summed E-state index contributed by atoms with van der Waals surface area (Å²) >= 11 is 1.52. The summed E-state index contributed by atoms with van der Waals surface area (Å²) in [7, 11) is -1.08. The van der Waals surface area contributed by atoms with Crippen LogP contribution in [0.4, 0.5) is 4.39 Å². The second-order valence-electron chi connectivity index (χ2n) is 5.45. The van der Waals surface area contributed by atoms with Crippen LogP contribution in [0, 0.1) is 5.82 Å². The summed E-state index contributed by atoms with van der Waals surface area (Å²) in [5.74, 6) is -0.556. The highest BCUT2D eigenvalue weighted by molar-refractivity contribution is 7.84. The van der Waals surface area contributed by atoms with E-state index in [1.165, 1.54) is 23.5 Å². The van der Waals surface area contributed by atoms with Gasteiger partial charge in [0.2, 0.25) is 0 Å². The number of amides is 1. The first-order valence-electron chi connectivity index (χ1n) is 7.58. The van der Waals surface area contributed by atoms with Crippen molar-refractivity contribution in [2.24, 2.45) is 0 Å². The van der Waals surface area contributed by atoms with Crippen LogP contribution in [0.1, 0.15) is 26.8 Å². The number of benzene rings is 2. The Morgan fingerprint density at radius 1 is 1.08 bits per heavy atom. The van der Waals surface area contributed by atoms with Crippen LogP contribution in [0.3, 0.4) is 0 Å². The number of rotatable bonds is 5. The van der Waals surface area contributed by atoms with Crippen molar-refractivity contribution in [2.75, 3.05) is 6.26 Å². The van der Waals surface area contributed by atoms with Gasteiger partial charge in [-0.15, -0.1) is 11.3 Å². The van der Waals surface area contributed by atoms with Crippen LogP contribution >= 0.6 is 11.3 Å². The summed E-state index contributed by atoms with van der Waals surface area (Å²) in [5, 5.41) is 4.93. The average Bonchev–Trinajstić information content (AvgIpc) is 3.15. The number of hydrogen-bond acceptors (Lipinski definition) is 3. The van der Waals surface area contributed by atoms with E-state index in [-0.39, 0.29) is 17.8 Å². The summed E-state index contributed by atoms with van der Waals surface area (Å²) in [5.41, 5.74) is 1.29. The first-order chi connectivity index (χ1) is 12.0. The Morgan fingerprint density at radius 3 is 2.32 bits per heavy atom. The van der Waals surface area contributed by atoms with Gasteiger partial charge in [-0.2, -0.15) is 0 Å². The fourth-order valence-electron chi connectivity index (χ4n) is 2.44. The van der Waals surface area contributed by atoms with Crippen molar-refractivity contribution in [2.45, 2.75) is 10.9 Å². The minimum absolute atomic E-state index is 0.240. The Hall–Kier alpha value is -2.31. The molecule has 0 fully saturated rings. The van der Waals surface area contributed by atoms with Gasteiger partial charge in [0.15, 0.2) is 0 Å². The van der Waals surface area contributed by atoms with Crippen molar-refractivity contribution >= 4 is 28.0 Å². The SMILES string of the molecule is C[S@@](=O)c1ccc(C(=O)N[C@@H](c2ccc(F)cc2)c2cccs2)cc1. The van der Waals surface area contributed by atoms with Gasteiger partial charge in [-0.3, -0.25) is 9.00 Å². The van der Waals surface area contributed by atoms with E-state index >= 15 is 0 Å². The highest BCUT2D eigenvalue weighted by Gasteiger charge is 2.19. The van der Waals surface area contributed by atoms with Crippen molar-refractivity contribution in [1.29, 1.82) is 0 Å². The van der Waals surface area contributed by atoms with E-state index in [4.69, 9.17) is 0 Å². The Morgan fingerprint density at radius 2 is 1.76 bits per heavy atom. The maximum Gasteiger partial charge on any atom is 0.252 e. The Kier molecular flexibility index (Phi) is 5.40. The van der Waals surface area contributed by atoms with Crippen LogP contribution in [-0.4, -0.2) is 16.4 Å². The van der Waals surface area contributed by atoms with Gasteiger partial charge in [-0.1, -0.05) is 18.2 Å². The van der Waals surface area contributed by atoms with Crippen LogP contribution in [0.2, 0.25) is 0 Å². The fourth-order valence-corrected chi connectivity index (χ4v) is 3.76. The molecule has 0 unspecified atom stereocenters. The van der Waals surface area contributed by atoms with E-state index in [0.717, 1.165) is 10.4 Å². The topological polar surface area (TPSA) is 46.2 Å². The lowest BCUT2D eigenvalue weighted by atomic mass is 10.0. The van der Waals surface area contributed by atoms with Gasteiger partial charge < -0.3 is 5.32 Å². The lowest BCUT2D eigenvalue weighted by Crippen LogP contribution is -2.28. The van der Waals surface area contributed by atoms with E-state index in [2.05, 4.69) is 5.32 Å². The molecule has 2 atom stereocenters. The second-order valence-corrected chi connectivity index (χ2v) is 7.81. The molecule has 0 aliphatic rings. The summed E-state index contributed by atoms with van der Waals surface area (Å²) in [6.07, 6.45) is 1.59. The fraction of sp³-hybridized carbons (Fsp3) is 0.105. The molecule has 0 bridgehead atoms. The molecule has 0 saturated heterocycles. The zero-order valence-electron chi connectivity index (χ0n) is 13.4. The third-order valence-corrected chi connectivity index (χ3v) is 5.63. The first-order valence-corrected chi connectivity index (χ1v) is 10.0. The lowest BCUT2D eigenvalue weighted by Gasteiger charge is -2.18. The lowest BCUT2D eigenvalue weighted by molar-refractivity contribution is 0.0943. The normalized spacial score (nSPS) is 13.2. The number of carbonyl (C=O) groups excluding carboxylic acids is 1. The average molecular weight is 373 g/mol. The molecule has 0 spiro atoms. The van der Waals surface area contributed by atoms with E-state index in [0.29, 0.717) is 10.5 Å². The molecule has 1 heterocycles. The molecular formula is C19H16FNO2S2. The molecule has 6 heteroatoms. The van der Waals surface area contributed by atoms with Gasteiger partial charge in [0.05, 0.1) is 6.04 Å². The van der Waals surface area contributed by atoms with Gasteiger partial charge in [-0.05, 0) is 53.4 Å². The number of nitrogens with one attached hydrogen (secondary N) is 1. The molecule has 1 aromatic heterocycles. The Balaban J connectivity index is 1.86. The van der Waals surface area contributed by atoms with Gasteiger partial charge in [0.25, 0.3) is 5.91 Å². The molecule has 128 valence electrons. The number of carbonyl (C=O) groups is 1. The molecule has 0 aliphatic heterocycles. The number of hydrogen-bond donors (Lipinski definition) is 1. The maximum atomic E-state index is 13.2. The van der Waals surface area contributed by atoms with Gasteiger partial charge in [0, 0.05) is 32.4 Å². The first kappa shape index (κ1) is 17.5. The van der Waals surface area contributed by atoms with E-state index in [1.54, 1.807) is 42.7 Å². The number of halogens is 1. The molecule has 1 N–H and O–H groups in total. The quantitative estimate of drug-likeness (QED) is 0.730.